The Morgan fingerprint density at radius 1 is 1.21 bits per heavy atom. The Morgan fingerprint density at radius 3 is 2.16 bits per heavy atom. The van der Waals surface area contributed by atoms with Gasteiger partial charge in [-0.2, -0.15) is 13.2 Å². The Morgan fingerprint density at radius 2 is 1.79 bits per heavy atom. The summed E-state index contributed by atoms with van der Waals surface area (Å²) in [4.78, 5) is 0.986. The van der Waals surface area contributed by atoms with Crippen molar-refractivity contribution in [3.8, 4) is 0 Å². The fraction of sp³-hybridized carbons (Fsp3) is 0.538. The predicted octanol–water partition coefficient (Wildman–Crippen LogP) is 3.62. The fourth-order valence-corrected chi connectivity index (χ4v) is 1.78. The maximum atomic E-state index is 13.9. The minimum absolute atomic E-state index is 0.0586. The summed E-state index contributed by atoms with van der Waals surface area (Å²) in [6.45, 7) is 3.68. The SMILES string of the molecule is CC(N)c1ccc(N(CC(F)(F)F)C(C)C)c(F)c1. The third-order valence-corrected chi connectivity index (χ3v) is 2.78. The normalized spacial score (nSPS) is 13.7. The molecule has 0 aliphatic carbocycles. The lowest BCUT2D eigenvalue weighted by atomic mass is 10.1. The van der Waals surface area contributed by atoms with Gasteiger partial charge in [-0.15, -0.1) is 0 Å². The van der Waals surface area contributed by atoms with Crippen LogP contribution in [0.5, 0.6) is 0 Å². The molecule has 6 heteroatoms. The highest BCUT2D eigenvalue weighted by atomic mass is 19.4. The maximum Gasteiger partial charge on any atom is 0.405 e. The van der Waals surface area contributed by atoms with Crippen molar-refractivity contribution in [3.05, 3.63) is 29.6 Å². The number of benzene rings is 1. The summed E-state index contributed by atoms with van der Waals surface area (Å²) in [7, 11) is 0. The molecule has 2 nitrogen and oxygen atoms in total. The van der Waals surface area contributed by atoms with Crippen LogP contribution >= 0.6 is 0 Å². The topological polar surface area (TPSA) is 29.3 Å². The van der Waals surface area contributed by atoms with Crippen LogP contribution in [-0.2, 0) is 0 Å². The second-order valence-corrected chi connectivity index (χ2v) is 4.84. The third kappa shape index (κ3) is 4.38. The average molecular weight is 278 g/mol. The van der Waals surface area contributed by atoms with Crippen LogP contribution < -0.4 is 10.6 Å². The van der Waals surface area contributed by atoms with E-state index < -0.39 is 24.6 Å². The van der Waals surface area contributed by atoms with E-state index >= 15 is 0 Å². The van der Waals surface area contributed by atoms with Crippen LogP contribution in [-0.4, -0.2) is 18.8 Å². The second-order valence-electron chi connectivity index (χ2n) is 4.84. The molecular formula is C13H18F4N2. The van der Waals surface area contributed by atoms with Crippen molar-refractivity contribution in [2.75, 3.05) is 11.4 Å². The van der Waals surface area contributed by atoms with Crippen LogP contribution in [0.4, 0.5) is 23.2 Å². The first kappa shape index (κ1) is 15.8. The van der Waals surface area contributed by atoms with Crippen LogP contribution in [0.1, 0.15) is 32.4 Å². The van der Waals surface area contributed by atoms with E-state index in [4.69, 9.17) is 5.73 Å². The van der Waals surface area contributed by atoms with Gasteiger partial charge in [0.05, 0.1) is 5.69 Å². The van der Waals surface area contributed by atoms with Gasteiger partial charge < -0.3 is 10.6 Å². The number of anilines is 1. The van der Waals surface area contributed by atoms with Crippen LogP contribution in [0.25, 0.3) is 0 Å². The van der Waals surface area contributed by atoms with Crippen molar-refractivity contribution < 1.29 is 17.6 Å². The average Bonchev–Trinajstić information content (AvgIpc) is 2.24. The van der Waals surface area contributed by atoms with Crippen molar-refractivity contribution in [3.63, 3.8) is 0 Å². The zero-order valence-electron chi connectivity index (χ0n) is 11.1. The fourth-order valence-electron chi connectivity index (χ4n) is 1.78. The summed E-state index contributed by atoms with van der Waals surface area (Å²) in [5.41, 5.74) is 6.10. The van der Waals surface area contributed by atoms with Gasteiger partial charge in [-0.3, -0.25) is 0 Å². The summed E-state index contributed by atoms with van der Waals surface area (Å²) in [5.74, 6) is -0.687. The Kier molecular flexibility index (Phi) is 4.79. The number of alkyl halides is 3. The first-order valence-corrected chi connectivity index (χ1v) is 6.00. The Bertz CT molecular complexity index is 427. The van der Waals surface area contributed by atoms with E-state index in [2.05, 4.69) is 0 Å². The molecule has 0 saturated heterocycles. The van der Waals surface area contributed by atoms with Gasteiger partial charge in [0.25, 0.3) is 0 Å². The van der Waals surface area contributed by atoms with Crippen molar-refractivity contribution >= 4 is 5.69 Å². The van der Waals surface area contributed by atoms with Gasteiger partial charge in [-0.05, 0) is 38.5 Å². The van der Waals surface area contributed by atoms with Crippen LogP contribution in [0.3, 0.4) is 0 Å². The second kappa shape index (κ2) is 5.77. The molecule has 1 atom stereocenters. The first-order valence-electron chi connectivity index (χ1n) is 6.00. The van der Waals surface area contributed by atoms with Crippen molar-refractivity contribution in [2.24, 2.45) is 5.73 Å². The molecule has 0 heterocycles. The molecule has 0 bridgehead atoms. The lowest BCUT2D eigenvalue weighted by Gasteiger charge is -2.30. The van der Waals surface area contributed by atoms with E-state index in [0.717, 1.165) is 4.90 Å². The summed E-state index contributed by atoms with van der Waals surface area (Å²) in [6, 6.07) is 3.26. The Hall–Kier alpha value is -1.30. The molecule has 108 valence electrons. The minimum atomic E-state index is -4.38. The van der Waals surface area contributed by atoms with Crippen LogP contribution in [0, 0.1) is 5.82 Å². The Labute approximate surface area is 110 Å². The molecule has 2 N–H and O–H groups in total. The largest absolute Gasteiger partial charge is 0.405 e. The number of halogens is 4. The summed E-state index contributed by atoms with van der Waals surface area (Å²) >= 11 is 0. The van der Waals surface area contributed by atoms with Crippen molar-refractivity contribution in [1.29, 1.82) is 0 Å². The molecule has 0 saturated carbocycles. The number of nitrogens with two attached hydrogens (primary N) is 1. The molecule has 1 rings (SSSR count). The van der Waals surface area contributed by atoms with Gasteiger partial charge in [-0.25, -0.2) is 4.39 Å². The lowest BCUT2D eigenvalue weighted by molar-refractivity contribution is -0.120. The molecule has 1 aromatic carbocycles. The van der Waals surface area contributed by atoms with E-state index in [1.165, 1.54) is 12.1 Å². The standard InChI is InChI=1S/C13H18F4N2/c1-8(2)19(7-13(15,16)17)12-5-4-10(9(3)18)6-11(12)14/h4-6,8-9H,7,18H2,1-3H3. The summed E-state index contributed by atoms with van der Waals surface area (Å²) in [5, 5.41) is 0. The number of rotatable bonds is 4. The molecule has 0 spiro atoms. The van der Waals surface area contributed by atoms with E-state index in [1.807, 2.05) is 0 Å². The van der Waals surface area contributed by atoms with Gasteiger partial charge in [0, 0.05) is 12.1 Å². The van der Waals surface area contributed by atoms with E-state index in [9.17, 15) is 17.6 Å². The maximum absolute atomic E-state index is 13.9. The van der Waals surface area contributed by atoms with Crippen molar-refractivity contribution in [2.45, 2.75) is 39.0 Å². The van der Waals surface area contributed by atoms with Gasteiger partial charge in [0.1, 0.15) is 12.4 Å². The summed E-state index contributed by atoms with van der Waals surface area (Å²) < 4.78 is 51.5. The summed E-state index contributed by atoms with van der Waals surface area (Å²) in [6.07, 6.45) is -4.38. The van der Waals surface area contributed by atoms with Gasteiger partial charge >= 0.3 is 6.18 Å². The predicted molar refractivity (Wildman–Crippen MR) is 67.5 cm³/mol. The molecule has 0 amide bonds. The molecule has 0 aliphatic rings. The highest BCUT2D eigenvalue weighted by Gasteiger charge is 2.33. The van der Waals surface area contributed by atoms with E-state index in [0.29, 0.717) is 5.56 Å². The van der Waals surface area contributed by atoms with Gasteiger partial charge in [-0.1, -0.05) is 6.07 Å². The molecule has 0 fully saturated rings. The first-order chi connectivity index (χ1) is 8.61. The molecule has 0 aliphatic heterocycles. The highest BCUT2D eigenvalue weighted by Crippen LogP contribution is 2.28. The van der Waals surface area contributed by atoms with E-state index in [1.54, 1.807) is 26.8 Å². The van der Waals surface area contributed by atoms with Crippen LogP contribution in [0.15, 0.2) is 18.2 Å². The minimum Gasteiger partial charge on any atom is -0.358 e. The number of hydrogen-bond acceptors (Lipinski definition) is 2. The van der Waals surface area contributed by atoms with Crippen molar-refractivity contribution in [1.82, 2.24) is 0 Å². The molecule has 0 radical (unpaired) electrons. The van der Waals surface area contributed by atoms with Gasteiger partial charge in [0.15, 0.2) is 0 Å². The zero-order valence-corrected chi connectivity index (χ0v) is 11.1. The number of nitrogens with zero attached hydrogens (tertiary/aromatic N) is 1. The van der Waals surface area contributed by atoms with Crippen LogP contribution in [0.2, 0.25) is 0 Å². The van der Waals surface area contributed by atoms with E-state index in [-0.39, 0.29) is 11.7 Å². The molecule has 1 unspecified atom stereocenters. The Balaban J connectivity index is 3.10. The lowest BCUT2D eigenvalue weighted by Crippen LogP contribution is -2.39. The number of hydrogen-bond donors (Lipinski definition) is 1. The monoisotopic (exact) mass is 278 g/mol. The quantitative estimate of drug-likeness (QED) is 0.852. The molecule has 1 aromatic rings. The molecule has 19 heavy (non-hydrogen) atoms. The smallest absolute Gasteiger partial charge is 0.358 e. The molecular weight excluding hydrogens is 260 g/mol. The third-order valence-electron chi connectivity index (χ3n) is 2.78. The van der Waals surface area contributed by atoms with Gasteiger partial charge in [0.2, 0.25) is 0 Å². The molecule has 0 aromatic heterocycles. The zero-order chi connectivity index (χ0) is 14.8. The highest BCUT2D eigenvalue weighted by molar-refractivity contribution is 5.50.